The highest BCUT2D eigenvalue weighted by Gasteiger charge is 2.21. The van der Waals surface area contributed by atoms with E-state index in [0.717, 1.165) is 0 Å². The first-order valence-corrected chi connectivity index (χ1v) is 6.04. The summed E-state index contributed by atoms with van der Waals surface area (Å²) >= 11 is 11.8. The van der Waals surface area contributed by atoms with Crippen molar-refractivity contribution in [1.82, 2.24) is 5.16 Å². The van der Waals surface area contributed by atoms with Gasteiger partial charge in [-0.3, -0.25) is 5.11 Å². The molecule has 0 spiro atoms. The van der Waals surface area contributed by atoms with Gasteiger partial charge in [-0.2, -0.15) is 0 Å². The van der Waals surface area contributed by atoms with Crippen LogP contribution in [0.25, 0.3) is 22.2 Å². The minimum absolute atomic E-state index is 0.0173. The molecule has 0 aliphatic carbocycles. The topological polar surface area (TPSA) is 45.9 Å². The summed E-state index contributed by atoms with van der Waals surface area (Å²) in [5.41, 5.74) is 0.635. The predicted molar refractivity (Wildman–Crippen MR) is 69.6 cm³/mol. The molecular weight excluding hydrogens is 292 g/mol. The third kappa shape index (κ3) is 1.84. The zero-order valence-electron chi connectivity index (χ0n) is 9.28. The van der Waals surface area contributed by atoms with Crippen molar-refractivity contribution in [3.05, 3.63) is 46.2 Å². The number of hydrogen-bond donors (Lipinski definition) is 0. The molecule has 0 N–H and O–H groups in total. The molecule has 0 saturated heterocycles. The van der Waals surface area contributed by atoms with Crippen LogP contribution in [0.3, 0.4) is 0 Å². The Balaban J connectivity index is 2.38. The van der Waals surface area contributed by atoms with E-state index in [1.54, 1.807) is 18.2 Å². The van der Waals surface area contributed by atoms with Crippen molar-refractivity contribution in [2.45, 2.75) is 0 Å². The van der Waals surface area contributed by atoms with Gasteiger partial charge in [0.2, 0.25) is 5.75 Å². The SMILES string of the molecule is [O]c1cc2onc(-c3ccccc3F)c2c(Cl)c1Cl. The smallest absolute Gasteiger partial charge is 0.202 e. The largest absolute Gasteiger partial charge is 0.355 e. The average molecular weight is 297 g/mol. The van der Waals surface area contributed by atoms with E-state index in [9.17, 15) is 9.50 Å². The second-order valence-corrected chi connectivity index (χ2v) is 4.64. The molecular formula is C13H5Cl2FNO2. The Bertz CT molecular complexity index is 786. The van der Waals surface area contributed by atoms with E-state index >= 15 is 0 Å². The van der Waals surface area contributed by atoms with E-state index in [4.69, 9.17) is 27.7 Å². The fourth-order valence-electron chi connectivity index (χ4n) is 1.85. The van der Waals surface area contributed by atoms with Crippen LogP contribution >= 0.6 is 23.2 Å². The van der Waals surface area contributed by atoms with E-state index in [-0.39, 0.29) is 26.9 Å². The van der Waals surface area contributed by atoms with Gasteiger partial charge in [0.05, 0.1) is 10.4 Å². The number of rotatable bonds is 1. The van der Waals surface area contributed by atoms with Gasteiger partial charge in [0.25, 0.3) is 0 Å². The van der Waals surface area contributed by atoms with Crippen molar-refractivity contribution >= 4 is 34.2 Å². The third-order valence-electron chi connectivity index (χ3n) is 2.74. The zero-order valence-corrected chi connectivity index (χ0v) is 10.8. The number of hydrogen-bond acceptors (Lipinski definition) is 2. The van der Waals surface area contributed by atoms with Crippen molar-refractivity contribution in [3.8, 4) is 17.0 Å². The molecule has 19 heavy (non-hydrogen) atoms. The molecule has 3 rings (SSSR count). The molecule has 3 aromatic rings. The maximum Gasteiger partial charge on any atom is 0.202 e. The van der Waals surface area contributed by atoms with Crippen molar-refractivity contribution < 1.29 is 14.0 Å². The zero-order chi connectivity index (χ0) is 13.6. The Labute approximate surface area is 117 Å². The van der Waals surface area contributed by atoms with Crippen LogP contribution in [-0.2, 0) is 5.11 Å². The lowest BCUT2D eigenvalue weighted by Gasteiger charge is -2.01. The third-order valence-corrected chi connectivity index (χ3v) is 3.59. The summed E-state index contributed by atoms with van der Waals surface area (Å²) in [6, 6.07) is 7.25. The van der Waals surface area contributed by atoms with Crippen LogP contribution in [0.2, 0.25) is 10.0 Å². The van der Waals surface area contributed by atoms with Gasteiger partial charge in [0.15, 0.2) is 5.58 Å². The van der Waals surface area contributed by atoms with E-state index in [0.29, 0.717) is 5.39 Å². The molecule has 6 heteroatoms. The lowest BCUT2D eigenvalue weighted by Crippen LogP contribution is -1.84. The summed E-state index contributed by atoms with van der Waals surface area (Å²) in [4.78, 5) is 0. The first kappa shape index (κ1) is 12.3. The van der Waals surface area contributed by atoms with Crippen molar-refractivity contribution in [2.24, 2.45) is 0 Å². The van der Waals surface area contributed by atoms with Gasteiger partial charge in [-0.1, -0.05) is 40.5 Å². The standard InChI is InChI=1S/C13H5Cl2FNO2/c14-11-8(18)5-9-10(12(11)15)13(17-19-9)6-3-1-2-4-7(6)16/h1-5H. The maximum absolute atomic E-state index is 13.8. The molecule has 0 amide bonds. The molecule has 0 fully saturated rings. The normalized spacial score (nSPS) is 11.1. The molecule has 0 aliphatic rings. The summed E-state index contributed by atoms with van der Waals surface area (Å²) in [6.07, 6.45) is 0. The maximum atomic E-state index is 13.8. The van der Waals surface area contributed by atoms with Gasteiger partial charge in [-0.15, -0.1) is 0 Å². The van der Waals surface area contributed by atoms with E-state index in [1.807, 2.05) is 0 Å². The quantitative estimate of drug-likeness (QED) is 0.628. The first-order chi connectivity index (χ1) is 9.09. The first-order valence-electron chi connectivity index (χ1n) is 5.29. The number of nitrogens with zero attached hydrogens (tertiary/aromatic N) is 1. The number of benzene rings is 2. The fourth-order valence-corrected chi connectivity index (χ4v) is 2.28. The average Bonchev–Trinajstić information content (AvgIpc) is 2.80. The van der Waals surface area contributed by atoms with Gasteiger partial charge in [-0.05, 0) is 12.1 Å². The summed E-state index contributed by atoms with van der Waals surface area (Å²) in [5, 5.41) is 15.5. The molecule has 95 valence electrons. The summed E-state index contributed by atoms with van der Waals surface area (Å²) < 4.78 is 18.8. The van der Waals surface area contributed by atoms with Crippen LogP contribution in [-0.4, -0.2) is 5.16 Å². The molecule has 3 nitrogen and oxygen atoms in total. The second-order valence-electron chi connectivity index (χ2n) is 3.89. The van der Waals surface area contributed by atoms with Gasteiger partial charge in [-0.25, -0.2) is 4.39 Å². The number of halogens is 3. The number of aromatic nitrogens is 1. The van der Waals surface area contributed by atoms with Crippen LogP contribution in [0.4, 0.5) is 4.39 Å². The molecule has 0 atom stereocenters. The Morgan fingerprint density at radius 1 is 1.16 bits per heavy atom. The summed E-state index contributed by atoms with van der Waals surface area (Å²) in [5.74, 6) is -0.925. The van der Waals surface area contributed by atoms with Crippen LogP contribution in [0.15, 0.2) is 34.9 Å². The van der Waals surface area contributed by atoms with Gasteiger partial charge >= 0.3 is 0 Å². The predicted octanol–water partition coefficient (Wildman–Crippen LogP) is 5.08. The number of fused-ring (bicyclic) bond motifs is 1. The van der Waals surface area contributed by atoms with Gasteiger partial charge in [0, 0.05) is 11.6 Å². The molecule has 0 unspecified atom stereocenters. The molecule has 1 heterocycles. The lowest BCUT2D eigenvalue weighted by molar-refractivity contribution is 0.354. The second kappa shape index (κ2) is 4.40. The van der Waals surface area contributed by atoms with Crippen molar-refractivity contribution in [3.63, 3.8) is 0 Å². The Morgan fingerprint density at radius 2 is 1.89 bits per heavy atom. The van der Waals surface area contributed by atoms with Crippen molar-refractivity contribution in [2.75, 3.05) is 0 Å². The van der Waals surface area contributed by atoms with Crippen LogP contribution in [0.5, 0.6) is 5.75 Å². The van der Waals surface area contributed by atoms with Gasteiger partial charge < -0.3 is 4.52 Å². The van der Waals surface area contributed by atoms with E-state index in [1.165, 1.54) is 12.1 Å². The van der Waals surface area contributed by atoms with Gasteiger partial charge in [0.1, 0.15) is 16.5 Å². The summed E-state index contributed by atoms with van der Waals surface area (Å²) in [6.45, 7) is 0. The molecule has 1 radical (unpaired) electrons. The highest BCUT2D eigenvalue weighted by molar-refractivity contribution is 6.46. The molecule has 1 aromatic heterocycles. The van der Waals surface area contributed by atoms with Crippen molar-refractivity contribution in [1.29, 1.82) is 0 Å². The molecule has 0 aliphatic heterocycles. The highest BCUT2D eigenvalue weighted by atomic mass is 35.5. The Kier molecular flexibility index (Phi) is 2.84. The van der Waals surface area contributed by atoms with E-state index < -0.39 is 11.6 Å². The summed E-state index contributed by atoms with van der Waals surface area (Å²) in [7, 11) is 0. The van der Waals surface area contributed by atoms with Crippen LogP contribution < -0.4 is 0 Å². The fraction of sp³-hybridized carbons (Fsp3) is 0. The highest BCUT2D eigenvalue weighted by Crippen LogP contribution is 2.42. The Morgan fingerprint density at radius 3 is 2.63 bits per heavy atom. The monoisotopic (exact) mass is 296 g/mol. The molecule has 2 aromatic carbocycles. The van der Waals surface area contributed by atoms with E-state index in [2.05, 4.69) is 5.16 Å². The lowest BCUT2D eigenvalue weighted by atomic mass is 10.1. The van der Waals surface area contributed by atoms with Crippen LogP contribution in [0.1, 0.15) is 0 Å². The Hall–Kier alpha value is -1.78. The minimum atomic E-state index is -0.463. The molecule has 0 saturated carbocycles. The minimum Gasteiger partial charge on any atom is -0.355 e. The van der Waals surface area contributed by atoms with Crippen LogP contribution in [0, 0.1) is 5.82 Å². The molecule has 0 bridgehead atoms.